The van der Waals surface area contributed by atoms with Gasteiger partial charge in [0.15, 0.2) is 11.6 Å². The molecule has 0 radical (unpaired) electrons. The summed E-state index contributed by atoms with van der Waals surface area (Å²) in [5.74, 6) is -1.34. The highest BCUT2D eigenvalue weighted by Crippen LogP contribution is 2.21. The monoisotopic (exact) mass is 252 g/mol. The molecule has 4 nitrogen and oxygen atoms in total. The van der Waals surface area contributed by atoms with Crippen molar-refractivity contribution in [1.29, 1.82) is 0 Å². The summed E-state index contributed by atoms with van der Waals surface area (Å²) >= 11 is 0. The van der Waals surface area contributed by atoms with E-state index in [1.807, 2.05) is 0 Å². The summed E-state index contributed by atoms with van der Waals surface area (Å²) in [7, 11) is 0. The van der Waals surface area contributed by atoms with Crippen LogP contribution in [0.5, 0.6) is 0 Å². The van der Waals surface area contributed by atoms with Crippen LogP contribution in [-0.4, -0.2) is 15.0 Å². The van der Waals surface area contributed by atoms with E-state index < -0.39 is 17.2 Å². The Bertz CT molecular complexity index is 584. The number of benzene rings is 1. The molecule has 1 heterocycles. The molecule has 0 aliphatic carbocycles. The van der Waals surface area contributed by atoms with Crippen molar-refractivity contribution < 1.29 is 8.78 Å². The zero-order valence-electron chi connectivity index (χ0n) is 10.4. The predicted octanol–water partition coefficient (Wildman–Crippen LogP) is 2.05. The second-order valence-corrected chi connectivity index (χ2v) is 4.80. The molecule has 0 atom stereocenters. The lowest BCUT2D eigenvalue weighted by Gasteiger charge is -2.13. The van der Waals surface area contributed by atoms with E-state index in [1.54, 1.807) is 20.8 Å². The molecule has 2 aromatic rings. The Labute approximate surface area is 103 Å². The number of nitrogens with zero attached hydrogens (tertiary/aromatic N) is 3. The van der Waals surface area contributed by atoms with E-state index in [9.17, 15) is 8.78 Å². The minimum atomic E-state index is -0.713. The fourth-order valence-corrected chi connectivity index (χ4v) is 1.52. The quantitative estimate of drug-likeness (QED) is 0.889. The second kappa shape index (κ2) is 4.13. The molecule has 0 amide bonds. The summed E-state index contributed by atoms with van der Waals surface area (Å²) in [6.07, 6.45) is 1.43. The van der Waals surface area contributed by atoms with Gasteiger partial charge in [0.1, 0.15) is 11.4 Å². The van der Waals surface area contributed by atoms with Gasteiger partial charge in [-0.05, 0) is 32.4 Å². The first kappa shape index (κ1) is 12.6. The van der Waals surface area contributed by atoms with Gasteiger partial charge in [-0.3, -0.25) is 0 Å². The van der Waals surface area contributed by atoms with E-state index in [0.29, 0.717) is 11.3 Å². The molecule has 0 spiro atoms. The van der Waals surface area contributed by atoms with Gasteiger partial charge < -0.3 is 5.73 Å². The van der Waals surface area contributed by atoms with Crippen molar-refractivity contribution in [3.8, 4) is 5.69 Å². The van der Waals surface area contributed by atoms with Crippen LogP contribution in [0.3, 0.4) is 0 Å². The minimum absolute atomic E-state index is 0.238. The van der Waals surface area contributed by atoms with Crippen LogP contribution in [0.4, 0.5) is 8.78 Å². The fourth-order valence-electron chi connectivity index (χ4n) is 1.52. The van der Waals surface area contributed by atoms with Gasteiger partial charge in [0.05, 0.1) is 11.7 Å². The minimum Gasteiger partial charge on any atom is -0.320 e. The number of hydrogen-bond donors (Lipinski definition) is 1. The number of aryl methyl sites for hydroxylation is 1. The molecule has 0 aliphatic heterocycles. The van der Waals surface area contributed by atoms with Gasteiger partial charge in [-0.15, -0.1) is 5.10 Å². The third-order valence-electron chi connectivity index (χ3n) is 2.64. The van der Waals surface area contributed by atoms with Crippen molar-refractivity contribution in [2.75, 3.05) is 0 Å². The molecule has 96 valence electrons. The molecular formula is C12H14F2N4. The second-order valence-electron chi connectivity index (χ2n) is 4.80. The SMILES string of the molecule is Cc1ccc(F)c(-n2cc(C(C)(C)N)nn2)c1F. The first-order chi connectivity index (χ1) is 8.30. The summed E-state index contributed by atoms with van der Waals surface area (Å²) < 4.78 is 28.6. The van der Waals surface area contributed by atoms with Crippen molar-refractivity contribution in [2.24, 2.45) is 5.73 Å². The number of hydrogen-bond acceptors (Lipinski definition) is 3. The van der Waals surface area contributed by atoms with Crippen LogP contribution in [-0.2, 0) is 5.54 Å². The first-order valence-electron chi connectivity index (χ1n) is 5.47. The smallest absolute Gasteiger partial charge is 0.154 e. The van der Waals surface area contributed by atoms with Crippen molar-refractivity contribution >= 4 is 0 Å². The predicted molar refractivity (Wildman–Crippen MR) is 63.2 cm³/mol. The van der Waals surface area contributed by atoms with Crippen LogP contribution < -0.4 is 5.73 Å². The van der Waals surface area contributed by atoms with E-state index in [2.05, 4.69) is 10.3 Å². The maximum Gasteiger partial charge on any atom is 0.154 e. The molecule has 0 bridgehead atoms. The van der Waals surface area contributed by atoms with E-state index in [-0.39, 0.29) is 5.69 Å². The standard InChI is InChI=1S/C12H14F2N4/c1-7-4-5-8(13)11(10(7)14)18-6-9(16-17-18)12(2,3)15/h4-6H,15H2,1-3H3. The normalized spacial score (nSPS) is 11.9. The van der Waals surface area contributed by atoms with Gasteiger partial charge in [0, 0.05) is 0 Å². The highest BCUT2D eigenvalue weighted by molar-refractivity contribution is 5.38. The lowest BCUT2D eigenvalue weighted by molar-refractivity contribution is 0.533. The van der Waals surface area contributed by atoms with Crippen molar-refractivity contribution in [3.05, 3.63) is 41.2 Å². The van der Waals surface area contributed by atoms with Crippen LogP contribution in [0.15, 0.2) is 18.3 Å². The molecule has 6 heteroatoms. The number of halogens is 2. The summed E-state index contributed by atoms with van der Waals surface area (Å²) in [5, 5.41) is 7.55. The van der Waals surface area contributed by atoms with E-state index in [4.69, 9.17) is 5.73 Å². The highest BCUT2D eigenvalue weighted by atomic mass is 19.1. The average molecular weight is 252 g/mol. The van der Waals surface area contributed by atoms with E-state index in [0.717, 1.165) is 4.68 Å². The fraction of sp³-hybridized carbons (Fsp3) is 0.333. The highest BCUT2D eigenvalue weighted by Gasteiger charge is 2.21. The largest absolute Gasteiger partial charge is 0.320 e. The van der Waals surface area contributed by atoms with Gasteiger partial charge in [0.25, 0.3) is 0 Å². The summed E-state index contributed by atoms with van der Waals surface area (Å²) in [6, 6.07) is 2.57. The maximum atomic E-state index is 13.9. The summed E-state index contributed by atoms with van der Waals surface area (Å²) in [4.78, 5) is 0. The van der Waals surface area contributed by atoms with E-state index in [1.165, 1.54) is 18.3 Å². The molecular weight excluding hydrogens is 238 g/mol. The number of nitrogens with two attached hydrogens (primary N) is 1. The van der Waals surface area contributed by atoms with E-state index >= 15 is 0 Å². The van der Waals surface area contributed by atoms with Gasteiger partial charge in [-0.25, -0.2) is 13.5 Å². The zero-order chi connectivity index (χ0) is 13.5. The molecule has 2 rings (SSSR count). The Morgan fingerprint density at radius 1 is 1.28 bits per heavy atom. The Morgan fingerprint density at radius 3 is 2.50 bits per heavy atom. The third-order valence-corrected chi connectivity index (χ3v) is 2.64. The first-order valence-corrected chi connectivity index (χ1v) is 5.47. The van der Waals surface area contributed by atoms with Crippen LogP contribution in [0.2, 0.25) is 0 Å². The van der Waals surface area contributed by atoms with Gasteiger partial charge in [-0.2, -0.15) is 0 Å². The molecule has 0 unspecified atom stereocenters. The van der Waals surface area contributed by atoms with Gasteiger partial charge >= 0.3 is 0 Å². The van der Waals surface area contributed by atoms with Gasteiger partial charge in [-0.1, -0.05) is 11.3 Å². The molecule has 2 N–H and O–H groups in total. The molecule has 18 heavy (non-hydrogen) atoms. The maximum absolute atomic E-state index is 13.9. The van der Waals surface area contributed by atoms with Crippen LogP contribution in [0.25, 0.3) is 5.69 Å². The molecule has 1 aromatic carbocycles. The van der Waals surface area contributed by atoms with Gasteiger partial charge in [0.2, 0.25) is 0 Å². The molecule has 1 aromatic heterocycles. The van der Waals surface area contributed by atoms with Crippen molar-refractivity contribution in [3.63, 3.8) is 0 Å². The van der Waals surface area contributed by atoms with Crippen LogP contribution >= 0.6 is 0 Å². The van der Waals surface area contributed by atoms with Crippen molar-refractivity contribution in [1.82, 2.24) is 15.0 Å². The molecule has 0 saturated carbocycles. The Hall–Kier alpha value is -1.82. The number of aromatic nitrogens is 3. The lowest BCUT2D eigenvalue weighted by Crippen LogP contribution is -2.29. The molecule has 0 fully saturated rings. The Morgan fingerprint density at radius 2 is 1.94 bits per heavy atom. The topological polar surface area (TPSA) is 56.7 Å². The van der Waals surface area contributed by atoms with Crippen LogP contribution in [0.1, 0.15) is 25.1 Å². The summed E-state index contributed by atoms with van der Waals surface area (Å²) in [6.45, 7) is 5.04. The molecule has 0 aliphatic rings. The van der Waals surface area contributed by atoms with Crippen molar-refractivity contribution in [2.45, 2.75) is 26.3 Å². The summed E-state index contributed by atoms with van der Waals surface area (Å²) in [5.41, 5.74) is 5.70. The third kappa shape index (κ3) is 2.11. The number of rotatable bonds is 2. The average Bonchev–Trinajstić information content (AvgIpc) is 2.73. The Kier molecular flexibility index (Phi) is 2.90. The van der Waals surface area contributed by atoms with Crippen LogP contribution in [0, 0.1) is 18.6 Å². The zero-order valence-corrected chi connectivity index (χ0v) is 10.4. The lowest BCUT2D eigenvalue weighted by atomic mass is 10.0. The Balaban J connectivity index is 2.57. The molecule has 0 saturated heterocycles.